The molecule has 4 rings (SSSR count). The summed E-state index contributed by atoms with van der Waals surface area (Å²) in [4.78, 5) is 19.8. The summed E-state index contributed by atoms with van der Waals surface area (Å²) < 4.78 is 57.2. The SMILES string of the molecule is CSC(=O)Nc1c(N)nc(-n2nc(Cc3c(F)ccc(F)c3F)c3cc(F)ccc32)nc1N. The van der Waals surface area contributed by atoms with Gasteiger partial charge in [-0.05, 0) is 36.6 Å². The largest absolute Gasteiger partial charge is 0.382 e. The van der Waals surface area contributed by atoms with E-state index in [1.54, 1.807) is 6.26 Å². The molecule has 170 valence electrons. The van der Waals surface area contributed by atoms with E-state index in [-0.39, 0.29) is 39.9 Å². The Bertz CT molecular complexity index is 1390. The van der Waals surface area contributed by atoms with Gasteiger partial charge in [0.2, 0.25) is 0 Å². The fourth-order valence-electron chi connectivity index (χ4n) is 3.19. The number of carbonyl (C=O) groups is 1. The van der Waals surface area contributed by atoms with E-state index >= 15 is 0 Å². The van der Waals surface area contributed by atoms with E-state index < -0.39 is 40.5 Å². The average Bonchev–Trinajstić information content (AvgIpc) is 3.13. The van der Waals surface area contributed by atoms with Crippen molar-refractivity contribution in [2.45, 2.75) is 6.42 Å². The number of nitrogens with one attached hydrogen (secondary N) is 1. The second-order valence-electron chi connectivity index (χ2n) is 6.80. The van der Waals surface area contributed by atoms with Crippen LogP contribution in [0.4, 0.5) is 39.7 Å². The Balaban J connectivity index is 1.86. The Hall–Kier alpha value is -3.87. The summed E-state index contributed by atoms with van der Waals surface area (Å²) in [5, 5.41) is 6.48. The molecule has 13 heteroatoms. The van der Waals surface area contributed by atoms with Crippen molar-refractivity contribution in [1.82, 2.24) is 19.7 Å². The average molecular weight is 477 g/mol. The fourth-order valence-corrected chi connectivity index (χ4v) is 3.40. The van der Waals surface area contributed by atoms with Crippen LogP contribution in [0.15, 0.2) is 30.3 Å². The summed E-state index contributed by atoms with van der Waals surface area (Å²) in [6, 6.07) is 5.08. The molecule has 2 aromatic carbocycles. The number of nitrogen functional groups attached to an aromatic ring is 2. The fraction of sp³-hybridized carbons (Fsp3) is 0.100. The van der Waals surface area contributed by atoms with Gasteiger partial charge in [-0.25, -0.2) is 17.6 Å². The number of amides is 1. The summed E-state index contributed by atoms with van der Waals surface area (Å²) in [7, 11) is 0. The van der Waals surface area contributed by atoms with Crippen molar-refractivity contribution < 1.29 is 22.4 Å². The molecule has 0 bridgehead atoms. The second-order valence-corrected chi connectivity index (χ2v) is 7.58. The second kappa shape index (κ2) is 8.58. The Morgan fingerprint density at radius 2 is 1.73 bits per heavy atom. The Labute approximate surface area is 188 Å². The zero-order valence-corrected chi connectivity index (χ0v) is 17.7. The van der Waals surface area contributed by atoms with E-state index in [1.807, 2.05) is 0 Å². The van der Waals surface area contributed by atoms with Crippen LogP contribution in [0, 0.1) is 23.3 Å². The minimum absolute atomic E-state index is 0.00438. The molecule has 0 radical (unpaired) electrons. The number of benzene rings is 2. The molecule has 2 aromatic heterocycles. The highest BCUT2D eigenvalue weighted by atomic mass is 32.2. The Morgan fingerprint density at radius 1 is 1.06 bits per heavy atom. The molecular formula is C20H15F4N7OS. The van der Waals surface area contributed by atoms with Gasteiger partial charge in [-0.2, -0.15) is 19.7 Å². The highest BCUT2D eigenvalue weighted by Gasteiger charge is 2.21. The lowest BCUT2D eigenvalue weighted by Gasteiger charge is -2.11. The van der Waals surface area contributed by atoms with Crippen LogP contribution in [-0.4, -0.2) is 31.2 Å². The van der Waals surface area contributed by atoms with Crippen molar-refractivity contribution in [2.75, 3.05) is 23.0 Å². The van der Waals surface area contributed by atoms with E-state index in [0.29, 0.717) is 6.07 Å². The standard InChI is InChI=1S/C20H15F4N7OS/c1-33-20(32)27-16-17(25)28-19(29-18(16)26)31-14-5-2-8(21)6-10(14)13(30-31)7-9-11(22)3-4-12(23)15(9)24/h2-6H,7H2,1H3,(H,27,32)(H4,25,26,28,29). The van der Waals surface area contributed by atoms with Crippen molar-refractivity contribution in [3.8, 4) is 5.95 Å². The van der Waals surface area contributed by atoms with Gasteiger partial charge in [0, 0.05) is 17.4 Å². The number of halogens is 4. The molecular weight excluding hydrogens is 462 g/mol. The van der Waals surface area contributed by atoms with Crippen LogP contribution < -0.4 is 16.8 Å². The molecule has 33 heavy (non-hydrogen) atoms. The first-order valence-corrected chi connectivity index (χ1v) is 10.5. The van der Waals surface area contributed by atoms with E-state index in [1.165, 1.54) is 6.07 Å². The predicted octanol–water partition coefficient (Wildman–Crippen LogP) is 4.02. The zero-order valence-electron chi connectivity index (χ0n) is 16.9. The van der Waals surface area contributed by atoms with Gasteiger partial charge >= 0.3 is 0 Å². The maximum absolute atomic E-state index is 14.2. The van der Waals surface area contributed by atoms with E-state index in [2.05, 4.69) is 20.4 Å². The van der Waals surface area contributed by atoms with Gasteiger partial charge in [0.15, 0.2) is 23.3 Å². The van der Waals surface area contributed by atoms with Crippen LogP contribution in [0.3, 0.4) is 0 Å². The number of aromatic nitrogens is 4. The van der Waals surface area contributed by atoms with Crippen molar-refractivity contribution in [3.63, 3.8) is 0 Å². The van der Waals surface area contributed by atoms with Crippen molar-refractivity contribution in [3.05, 3.63) is 64.9 Å². The molecule has 0 saturated heterocycles. The third-order valence-electron chi connectivity index (χ3n) is 4.76. The topological polar surface area (TPSA) is 125 Å². The third-order valence-corrected chi connectivity index (χ3v) is 5.23. The zero-order chi connectivity index (χ0) is 23.9. The minimum Gasteiger partial charge on any atom is -0.382 e. The first-order valence-electron chi connectivity index (χ1n) is 9.27. The number of nitrogens with two attached hydrogens (primary N) is 2. The Kier molecular flexibility index (Phi) is 5.80. The molecule has 0 saturated carbocycles. The van der Waals surface area contributed by atoms with Crippen LogP contribution in [0.5, 0.6) is 0 Å². The number of carbonyl (C=O) groups excluding carboxylic acids is 1. The quantitative estimate of drug-likeness (QED) is 0.299. The van der Waals surface area contributed by atoms with Crippen LogP contribution >= 0.6 is 11.8 Å². The smallest absolute Gasteiger partial charge is 0.283 e. The van der Waals surface area contributed by atoms with Gasteiger partial charge in [-0.1, -0.05) is 11.8 Å². The molecule has 0 unspecified atom stereocenters. The van der Waals surface area contributed by atoms with Gasteiger partial charge in [-0.3, -0.25) is 4.79 Å². The highest BCUT2D eigenvalue weighted by molar-refractivity contribution is 8.13. The van der Waals surface area contributed by atoms with Gasteiger partial charge in [-0.15, -0.1) is 0 Å². The normalized spacial score (nSPS) is 11.2. The minimum atomic E-state index is -1.37. The molecule has 4 aromatic rings. The van der Waals surface area contributed by atoms with E-state index in [4.69, 9.17) is 11.5 Å². The van der Waals surface area contributed by atoms with Gasteiger partial charge < -0.3 is 16.8 Å². The monoisotopic (exact) mass is 477 g/mol. The number of fused-ring (bicyclic) bond motifs is 1. The molecule has 8 nitrogen and oxygen atoms in total. The Morgan fingerprint density at radius 3 is 2.39 bits per heavy atom. The summed E-state index contributed by atoms with van der Waals surface area (Å²) in [6.07, 6.45) is 1.08. The van der Waals surface area contributed by atoms with Crippen molar-refractivity contribution in [2.24, 2.45) is 0 Å². The van der Waals surface area contributed by atoms with Crippen LogP contribution in [0.2, 0.25) is 0 Å². The summed E-state index contributed by atoms with van der Waals surface area (Å²) >= 11 is 0.891. The molecule has 0 fully saturated rings. The predicted molar refractivity (Wildman–Crippen MR) is 117 cm³/mol. The van der Waals surface area contributed by atoms with E-state index in [0.717, 1.165) is 34.6 Å². The maximum Gasteiger partial charge on any atom is 0.283 e. The van der Waals surface area contributed by atoms with Crippen molar-refractivity contribution in [1.29, 1.82) is 0 Å². The number of nitrogens with zero attached hydrogens (tertiary/aromatic N) is 4. The van der Waals surface area contributed by atoms with Gasteiger partial charge in [0.05, 0.1) is 11.2 Å². The number of hydrogen-bond acceptors (Lipinski definition) is 7. The lowest BCUT2D eigenvalue weighted by Crippen LogP contribution is -2.14. The lowest BCUT2D eigenvalue weighted by atomic mass is 10.1. The lowest BCUT2D eigenvalue weighted by molar-refractivity contribution is 0.270. The van der Waals surface area contributed by atoms with Gasteiger partial charge in [0.1, 0.15) is 17.3 Å². The number of thioether (sulfide) groups is 1. The maximum atomic E-state index is 14.2. The molecule has 0 aliphatic heterocycles. The number of hydrogen-bond donors (Lipinski definition) is 3. The first kappa shape index (κ1) is 22.3. The summed E-state index contributed by atoms with van der Waals surface area (Å²) in [5.74, 6) is -4.65. The number of rotatable bonds is 4. The van der Waals surface area contributed by atoms with Crippen LogP contribution in [-0.2, 0) is 6.42 Å². The first-order chi connectivity index (χ1) is 15.7. The molecule has 2 heterocycles. The summed E-state index contributed by atoms with van der Waals surface area (Å²) in [5.41, 5.74) is 11.6. The van der Waals surface area contributed by atoms with E-state index in [9.17, 15) is 22.4 Å². The summed E-state index contributed by atoms with van der Waals surface area (Å²) in [6.45, 7) is 0. The third kappa shape index (κ3) is 4.14. The highest BCUT2D eigenvalue weighted by Crippen LogP contribution is 2.29. The van der Waals surface area contributed by atoms with Crippen molar-refractivity contribution >= 4 is 45.2 Å². The molecule has 1 amide bonds. The molecule has 5 N–H and O–H groups in total. The number of anilines is 3. The van der Waals surface area contributed by atoms with Crippen LogP contribution in [0.1, 0.15) is 11.3 Å². The van der Waals surface area contributed by atoms with Crippen LogP contribution in [0.25, 0.3) is 16.9 Å². The molecule has 0 aliphatic carbocycles. The molecule has 0 aliphatic rings. The van der Waals surface area contributed by atoms with Gasteiger partial charge in [0.25, 0.3) is 11.2 Å². The molecule has 0 spiro atoms. The molecule has 0 atom stereocenters.